The zero-order valence-corrected chi connectivity index (χ0v) is 7.87. The number of carboxylic acids is 1. The van der Waals surface area contributed by atoms with Gasteiger partial charge in [-0.05, 0) is 12.8 Å². The topological polar surface area (TPSA) is 63.6 Å². The fraction of sp³-hybridized carbons (Fsp3) is 0.556. The fourth-order valence-electron chi connectivity index (χ4n) is 0.742. The number of hydrogen-bond acceptors (Lipinski definition) is 3. The monoisotopic (exact) mass is 186 g/mol. The Morgan fingerprint density at radius 1 is 1.38 bits per heavy atom. The number of ether oxygens (including phenoxy) is 1. The molecule has 0 saturated carbocycles. The average Bonchev–Trinajstić information content (AvgIpc) is 2.09. The fourth-order valence-corrected chi connectivity index (χ4v) is 0.742. The molecule has 0 aromatic heterocycles. The lowest BCUT2D eigenvalue weighted by atomic mass is 10.2. The maximum atomic E-state index is 11.1. The molecule has 0 aliphatic heterocycles. The second-order valence-corrected chi connectivity index (χ2v) is 2.50. The van der Waals surface area contributed by atoms with E-state index in [9.17, 15) is 9.59 Å². The zero-order chi connectivity index (χ0) is 10.3. The normalized spacial score (nSPS) is 11.1. The Morgan fingerprint density at radius 2 is 2.00 bits per heavy atom. The van der Waals surface area contributed by atoms with Gasteiger partial charge in [-0.2, -0.15) is 0 Å². The minimum atomic E-state index is -1.12. The van der Waals surface area contributed by atoms with E-state index in [1.807, 2.05) is 6.92 Å². The van der Waals surface area contributed by atoms with Gasteiger partial charge in [-0.25, -0.2) is 9.59 Å². The molecule has 0 saturated heterocycles. The first-order valence-electron chi connectivity index (χ1n) is 4.22. The van der Waals surface area contributed by atoms with E-state index in [-0.39, 0.29) is 5.57 Å². The Hall–Kier alpha value is -1.32. The van der Waals surface area contributed by atoms with E-state index in [0.717, 1.165) is 12.5 Å². The lowest BCUT2D eigenvalue weighted by molar-refractivity contribution is -0.140. The largest absolute Gasteiger partial charge is 0.478 e. The Balaban J connectivity index is 4.23. The van der Waals surface area contributed by atoms with Gasteiger partial charge in [-0.15, -0.1) is 0 Å². The maximum Gasteiger partial charge on any atom is 0.334 e. The van der Waals surface area contributed by atoms with Crippen LogP contribution in [0, 0.1) is 0 Å². The molecule has 0 heterocycles. The summed E-state index contributed by atoms with van der Waals surface area (Å²) in [5.41, 5.74) is 0.195. The Bertz CT molecular complexity index is 218. The van der Waals surface area contributed by atoms with Gasteiger partial charge in [0.05, 0.1) is 6.61 Å². The van der Waals surface area contributed by atoms with Crippen LogP contribution in [0.2, 0.25) is 0 Å². The molecular formula is C9H14O4. The second kappa shape index (κ2) is 6.22. The highest BCUT2D eigenvalue weighted by molar-refractivity contribution is 5.95. The van der Waals surface area contributed by atoms with Gasteiger partial charge in [0.1, 0.15) is 0 Å². The van der Waals surface area contributed by atoms with Crippen molar-refractivity contribution in [1.82, 2.24) is 0 Å². The third-order valence-electron chi connectivity index (χ3n) is 1.38. The molecule has 0 aromatic carbocycles. The number of hydrogen-bond donors (Lipinski definition) is 1. The zero-order valence-electron chi connectivity index (χ0n) is 7.87. The van der Waals surface area contributed by atoms with Crippen LogP contribution >= 0.6 is 0 Å². The van der Waals surface area contributed by atoms with Crippen molar-refractivity contribution in [3.05, 3.63) is 11.6 Å². The molecule has 0 bridgehead atoms. The van der Waals surface area contributed by atoms with Crippen LogP contribution in [0.25, 0.3) is 0 Å². The molecule has 0 spiro atoms. The van der Waals surface area contributed by atoms with Crippen LogP contribution in [0.4, 0.5) is 0 Å². The lowest BCUT2D eigenvalue weighted by Crippen LogP contribution is -2.09. The standard InChI is InChI=1S/C9H14O4/c1-3-5-13-9(12)7(4-2)6-8(10)11/h6H,3-5H2,1-2H3,(H,10,11)/b7-6+. The molecule has 0 aliphatic rings. The molecule has 0 fully saturated rings. The van der Waals surface area contributed by atoms with E-state index in [1.54, 1.807) is 6.92 Å². The van der Waals surface area contributed by atoms with Crippen molar-refractivity contribution in [2.75, 3.05) is 6.61 Å². The molecule has 0 amide bonds. The predicted molar refractivity (Wildman–Crippen MR) is 47.3 cm³/mol. The highest BCUT2D eigenvalue weighted by Gasteiger charge is 2.09. The van der Waals surface area contributed by atoms with Crippen LogP contribution in [-0.4, -0.2) is 23.7 Å². The summed E-state index contributed by atoms with van der Waals surface area (Å²) in [5, 5.41) is 8.41. The van der Waals surface area contributed by atoms with Crippen molar-refractivity contribution in [2.45, 2.75) is 26.7 Å². The summed E-state index contributed by atoms with van der Waals surface area (Å²) in [7, 11) is 0. The maximum absolute atomic E-state index is 11.1. The van der Waals surface area contributed by atoms with Crippen LogP contribution in [0.3, 0.4) is 0 Å². The van der Waals surface area contributed by atoms with Gasteiger partial charge in [0.2, 0.25) is 0 Å². The first kappa shape index (κ1) is 11.7. The van der Waals surface area contributed by atoms with Gasteiger partial charge >= 0.3 is 11.9 Å². The van der Waals surface area contributed by atoms with E-state index in [2.05, 4.69) is 0 Å². The first-order chi connectivity index (χ1) is 6.11. The van der Waals surface area contributed by atoms with Crippen molar-refractivity contribution in [3.8, 4) is 0 Å². The summed E-state index contributed by atoms with van der Waals surface area (Å²) in [6.45, 7) is 3.91. The molecule has 0 rings (SSSR count). The molecule has 0 aromatic rings. The molecule has 74 valence electrons. The van der Waals surface area contributed by atoms with Crippen LogP contribution in [0.15, 0.2) is 11.6 Å². The third kappa shape index (κ3) is 5.00. The number of rotatable bonds is 5. The summed E-state index contributed by atoms with van der Waals surface area (Å²) in [4.78, 5) is 21.4. The van der Waals surface area contributed by atoms with Crippen LogP contribution in [-0.2, 0) is 14.3 Å². The minimum absolute atomic E-state index is 0.195. The summed E-state index contributed by atoms with van der Waals surface area (Å²) >= 11 is 0. The Kier molecular flexibility index (Phi) is 5.59. The number of esters is 1. The SMILES string of the molecule is CCCOC(=O)/C(=C/C(=O)O)CC. The van der Waals surface area contributed by atoms with Crippen LogP contribution in [0.5, 0.6) is 0 Å². The van der Waals surface area contributed by atoms with Gasteiger partial charge in [-0.1, -0.05) is 13.8 Å². The Labute approximate surface area is 77.2 Å². The molecule has 0 atom stereocenters. The van der Waals surface area contributed by atoms with Gasteiger partial charge in [0.25, 0.3) is 0 Å². The number of aliphatic carboxylic acids is 1. The highest BCUT2D eigenvalue weighted by atomic mass is 16.5. The summed E-state index contributed by atoms with van der Waals surface area (Å²) < 4.78 is 4.77. The molecule has 4 nitrogen and oxygen atoms in total. The van der Waals surface area contributed by atoms with E-state index >= 15 is 0 Å². The molecule has 4 heteroatoms. The second-order valence-electron chi connectivity index (χ2n) is 2.50. The number of carboxylic acid groups (broad SMARTS) is 1. The minimum Gasteiger partial charge on any atom is -0.478 e. The van der Waals surface area contributed by atoms with Gasteiger partial charge in [0, 0.05) is 11.6 Å². The van der Waals surface area contributed by atoms with E-state index in [0.29, 0.717) is 13.0 Å². The highest BCUT2D eigenvalue weighted by Crippen LogP contribution is 2.03. The number of carbonyl (C=O) groups is 2. The molecule has 0 unspecified atom stereocenters. The quantitative estimate of drug-likeness (QED) is 0.520. The van der Waals surface area contributed by atoms with Crippen molar-refractivity contribution in [1.29, 1.82) is 0 Å². The third-order valence-corrected chi connectivity index (χ3v) is 1.38. The molecular weight excluding hydrogens is 172 g/mol. The first-order valence-corrected chi connectivity index (χ1v) is 4.22. The number of carbonyl (C=O) groups excluding carboxylic acids is 1. The van der Waals surface area contributed by atoms with E-state index in [1.165, 1.54) is 0 Å². The molecule has 1 N–H and O–H groups in total. The van der Waals surface area contributed by atoms with Crippen LogP contribution < -0.4 is 0 Å². The smallest absolute Gasteiger partial charge is 0.334 e. The van der Waals surface area contributed by atoms with Crippen molar-refractivity contribution < 1.29 is 19.4 Å². The Morgan fingerprint density at radius 3 is 2.38 bits per heavy atom. The summed E-state index contributed by atoms with van der Waals surface area (Å²) in [6.07, 6.45) is 1.99. The van der Waals surface area contributed by atoms with Crippen molar-refractivity contribution >= 4 is 11.9 Å². The molecule has 0 aliphatic carbocycles. The van der Waals surface area contributed by atoms with E-state index < -0.39 is 11.9 Å². The summed E-state index contributed by atoms with van der Waals surface area (Å²) in [5.74, 6) is -1.66. The van der Waals surface area contributed by atoms with Gasteiger partial charge in [0.15, 0.2) is 0 Å². The lowest BCUT2D eigenvalue weighted by Gasteiger charge is -2.03. The molecule has 13 heavy (non-hydrogen) atoms. The summed E-state index contributed by atoms with van der Waals surface area (Å²) in [6, 6.07) is 0. The van der Waals surface area contributed by atoms with Crippen LogP contribution in [0.1, 0.15) is 26.7 Å². The van der Waals surface area contributed by atoms with E-state index in [4.69, 9.17) is 9.84 Å². The predicted octanol–water partition coefficient (Wildman–Crippen LogP) is 1.36. The van der Waals surface area contributed by atoms with Crippen molar-refractivity contribution in [2.24, 2.45) is 0 Å². The molecule has 0 radical (unpaired) electrons. The van der Waals surface area contributed by atoms with Gasteiger partial charge < -0.3 is 9.84 Å². The van der Waals surface area contributed by atoms with Crippen molar-refractivity contribution in [3.63, 3.8) is 0 Å². The average molecular weight is 186 g/mol. The van der Waals surface area contributed by atoms with Gasteiger partial charge in [-0.3, -0.25) is 0 Å².